The predicted molar refractivity (Wildman–Crippen MR) is 67.9 cm³/mol. The van der Waals surface area contributed by atoms with E-state index in [-0.39, 0.29) is 12.0 Å². The van der Waals surface area contributed by atoms with Crippen molar-refractivity contribution in [2.75, 3.05) is 53.4 Å². The number of rotatable bonds is 5. The lowest BCUT2D eigenvalue weighted by Crippen LogP contribution is -2.49. The maximum atomic E-state index is 12.0. The van der Waals surface area contributed by atoms with Gasteiger partial charge in [-0.3, -0.25) is 9.69 Å². The van der Waals surface area contributed by atoms with Crippen LogP contribution in [0.5, 0.6) is 0 Å². The Morgan fingerprint density at radius 2 is 1.94 bits per heavy atom. The molecule has 0 spiro atoms. The van der Waals surface area contributed by atoms with Gasteiger partial charge >= 0.3 is 0 Å². The summed E-state index contributed by atoms with van der Waals surface area (Å²) < 4.78 is 0. The van der Waals surface area contributed by atoms with E-state index in [2.05, 4.69) is 11.9 Å². The van der Waals surface area contributed by atoms with Gasteiger partial charge in [-0.2, -0.15) is 0 Å². The van der Waals surface area contributed by atoms with Crippen molar-refractivity contribution in [2.24, 2.45) is 0 Å². The topological polar surface area (TPSA) is 47.0 Å². The maximum absolute atomic E-state index is 12.0. The smallest absolute Gasteiger partial charge is 0.236 e. The van der Waals surface area contributed by atoms with Crippen molar-refractivity contribution in [3.8, 4) is 0 Å². The van der Waals surface area contributed by atoms with Crippen molar-refractivity contribution in [1.29, 1.82) is 0 Å². The van der Waals surface area contributed by atoms with Crippen LogP contribution >= 0.6 is 0 Å². The number of hydrogen-bond acceptors (Lipinski definition) is 4. The third-order valence-corrected chi connectivity index (χ3v) is 3.19. The van der Waals surface area contributed by atoms with Crippen LogP contribution in [0, 0.1) is 0 Å². The SMILES string of the molecule is CC(O)CCN(C)CC(=O)N1CCN(C)CC1. The summed E-state index contributed by atoms with van der Waals surface area (Å²) in [5.41, 5.74) is 0. The molecule has 1 aliphatic rings. The molecular formula is C12H25N3O2. The Balaban J connectivity index is 2.23. The Kier molecular flexibility index (Phi) is 5.88. The van der Waals surface area contributed by atoms with Crippen LogP contribution in [0.25, 0.3) is 0 Å². The molecule has 5 heteroatoms. The van der Waals surface area contributed by atoms with Crippen LogP contribution in [-0.4, -0.2) is 85.2 Å². The van der Waals surface area contributed by atoms with E-state index in [0.717, 1.165) is 32.7 Å². The molecule has 1 heterocycles. The van der Waals surface area contributed by atoms with Crippen LogP contribution in [0.15, 0.2) is 0 Å². The summed E-state index contributed by atoms with van der Waals surface area (Å²) >= 11 is 0. The van der Waals surface area contributed by atoms with Gasteiger partial charge in [0.15, 0.2) is 0 Å². The minimum absolute atomic E-state index is 0.200. The molecule has 17 heavy (non-hydrogen) atoms. The highest BCUT2D eigenvalue weighted by Crippen LogP contribution is 2.01. The molecule has 1 N–H and O–H groups in total. The van der Waals surface area contributed by atoms with Crippen LogP contribution < -0.4 is 0 Å². The molecule has 1 saturated heterocycles. The summed E-state index contributed by atoms with van der Waals surface area (Å²) in [6.07, 6.45) is 0.420. The van der Waals surface area contributed by atoms with Gasteiger partial charge in [0, 0.05) is 32.7 Å². The van der Waals surface area contributed by atoms with Gasteiger partial charge in [-0.05, 0) is 27.4 Å². The van der Waals surface area contributed by atoms with Crippen LogP contribution in [0.1, 0.15) is 13.3 Å². The largest absolute Gasteiger partial charge is 0.393 e. The molecule has 0 bridgehead atoms. The fourth-order valence-electron chi connectivity index (χ4n) is 1.87. The monoisotopic (exact) mass is 243 g/mol. The molecule has 0 aromatic heterocycles. The Morgan fingerprint density at radius 1 is 1.35 bits per heavy atom. The van der Waals surface area contributed by atoms with Crippen LogP contribution in [0.4, 0.5) is 0 Å². The molecule has 1 unspecified atom stereocenters. The number of aliphatic hydroxyl groups is 1. The second kappa shape index (κ2) is 6.93. The van der Waals surface area contributed by atoms with Gasteiger partial charge in [-0.15, -0.1) is 0 Å². The molecule has 1 atom stereocenters. The van der Waals surface area contributed by atoms with Gasteiger partial charge in [0.2, 0.25) is 5.91 Å². The number of carbonyl (C=O) groups is 1. The Labute approximate surface area is 104 Å². The summed E-state index contributed by atoms with van der Waals surface area (Å²) in [6, 6.07) is 0. The number of aliphatic hydroxyl groups excluding tert-OH is 1. The minimum Gasteiger partial charge on any atom is -0.393 e. The zero-order valence-electron chi connectivity index (χ0n) is 11.2. The van der Waals surface area contributed by atoms with Crippen molar-refractivity contribution in [2.45, 2.75) is 19.4 Å². The Hall–Kier alpha value is -0.650. The number of likely N-dealkylation sites (N-methyl/N-ethyl adjacent to an activating group) is 2. The lowest BCUT2D eigenvalue weighted by molar-refractivity contribution is -0.133. The molecule has 1 fully saturated rings. The zero-order chi connectivity index (χ0) is 12.8. The van der Waals surface area contributed by atoms with E-state index in [0.29, 0.717) is 13.0 Å². The zero-order valence-corrected chi connectivity index (χ0v) is 11.2. The van der Waals surface area contributed by atoms with Gasteiger partial charge in [0.25, 0.3) is 0 Å². The molecule has 0 aliphatic carbocycles. The summed E-state index contributed by atoms with van der Waals surface area (Å²) in [5, 5.41) is 9.19. The average molecular weight is 243 g/mol. The highest BCUT2D eigenvalue weighted by atomic mass is 16.3. The van der Waals surface area contributed by atoms with Crippen molar-refractivity contribution < 1.29 is 9.90 Å². The number of carbonyl (C=O) groups excluding carboxylic acids is 1. The quantitative estimate of drug-likeness (QED) is 0.705. The number of amides is 1. The third kappa shape index (κ3) is 5.48. The first kappa shape index (κ1) is 14.4. The van der Waals surface area contributed by atoms with E-state index in [1.165, 1.54) is 0 Å². The minimum atomic E-state index is -0.295. The average Bonchev–Trinajstić information content (AvgIpc) is 2.27. The van der Waals surface area contributed by atoms with E-state index < -0.39 is 0 Å². The molecule has 1 aliphatic heterocycles. The van der Waals surface area contributed by atoms with Gasteiger partial charge < -0.3 is 14.9 Å². The summed E-state index contributed by atoms with van der Waals surface area (Å²) in [5.74, 6) is 0.200. The van der Waals surface area contributed by atoms with Gasteiger partial charge in [0.05, 0.1) is 12.6 Å². The van der Waals surface area contributed by atoms with Crippen molar-refractivity contribution >= 4 is 5.91 Å². The van der Waals surface area contributed by atoms with Gasteiger partial charge in [-0.25, -0.2) is 0 Å². The lowest BCUT2D eigenvalue weighted by Gasteiger charge is -2.33. The maximum Gasteiger partial charge on any atom is 0.236 e. The molecule has 0 saturated carbocycles. The standard InChI is InChI=1S/C12H25N3O2/c1-11(16)4-5-14(3)10-12(17)15-8-6-13(2)7-9-15/h11,16H,4-10H2,1-3H3. The molecule has 0 radical (unpaired) electrons. The molecule has 1 amide bonds. The first-order chi connectivity index (χ1) is 7.99. The molecule has 5 nitrogen and oxygen atoms in total. The van der Waals surface area contributed by atoms with E-state index in [1.54, 1.807) is 6.92 Å². The molecule has 1 rings (SSSR count). The molecule has 100 valence electrons. The summed E-state index contributed by atoms with van der Waals surface area (Å²) in [7, 11) is 4.01. The number of piperazine rings is 1. The fraction of sp³-hybridized carbons (Fsp3) is 0.917. The second-order valence-corrected chi connectivity index (χ2v) is 5.06. The van der Waals surface area contributed by atoms with E-state index >= 15 is 0 Å². The van der Waals surface area contributed by atoms with E-state index in [4.69, 9.17) is 0 Å². The second-order valence-electron chi connectivity index (χ2n) is 5.06. The van der Waals surface area contributed by atoms with E-state index in [9.17, 15) is 9.90 Å². The first-order valence-corrected chi connectivity index (χ1v) is 6.32. The third-order valence-electron chi connectivity index (χ3n) is 3.19. The van der Waals surface area contributed by atoms with Crippen LogP contribution in [0.2, 0.25) is 0 Å². The van der Waals surface area contributed by atoms with Gasteiger partial charge in [0.1, 0.15) is 0 Å². The normalized spacial score (nSPS) is 19.7. The number of nitrogens with zero attached hydrogens (tertiary/aromatic N) is 3. The Bertz CT molecular complexity index is 238. The Morgan fingerprint density at radius 3 is 2.47 bits per heavy atom. The molecular weight excluding hydrogens is 218 g/mol. The molecule has 0 aromatic carbocycles. The van der Waals surface area contributed by atoms with Gasteiger partial charge in [-0.1, -0.05) is 0 Å². The predicted octanol–water partition coefficient (Wildman–Crippen LogP) is -0.537. The van der Waals surface area contributed by atoms with E-state index in [1.807, 2.05) is 16.8 Å². The van der Waals surface area contributed by atoms with Crippen molar-refractivity contribution in [3.63, 3.8) is 0 Å². The van der Waals surface area contributed by atoms with Crippen LogP contribution in [0.3, 0.4) is 0 Å². The fourth-order valence-corrected chi connectivity index (χ4v) is 1.87. The highest BCUT2D eigenvalue weighted by Gasteiger charge is 2.19. The van der Waals surface area contributed by atoms with Crippen molar-refractivity contribution in [1.82, 2.24) is 14.7 Å². The van der Waals surface area contributed by atoms with Crippen molar-refractivity contribution in [3.05, 3.63) is 0 Å². The first-order valence-electron chi connectivity index (χ1n) is 6.32. The molecule has 0 aromatic rings. The number of hydrogen-bond donors (Lipinski definition) is 1. The lowest BCUT2D eigenvalue weighted by atomic mass is 10.2. The highest BCUT2D eigenvalue weighted by molar-refractivity contribution is 5.78. The van der Waals surface area contributed by atoms with Crippen LogP contribution in [-0.2, 0) is 4.79 Å². The summed E-state index contributed by atoms with van der Waals surface area (Å²) in [6.45, 7) is 6.58. The summed E-state index contributed by atoms with van der Waals surface area (Å²) in [4.78, 5) is 18.1.